The van der Waals surface area contributed by atoms with Gasteiger partial charge >= 0.3 is 0 Å². The molecule has 0 aromatic rings. The third-order valence-electron chi connectivity index (χ3n) is 3.60. The van der Waals surface area contributed by atoms with Crippen LogP contribution in [0.4, 0.5) is 0 Å². The molecule has 1 fully saturated rings. The van der Waals surface area contributed by atoms with Crippen LogP contribution in [0.1, 0.15) is 34.1 Å². The van der Waals surface area contributed by atoms with Crippen LogP contribution in [-0.4, -0.2) is 24.6 Å². The molecular weight excluding hydrogens is 190 g/mol. The van der Waals surface area contributed by atoms with Gasteiger partial charge in [-0.15, -0.1) is 0 Å². The Hall–Kier alpha value is 0.310. The second-order valence-electron chi connectivity index (χ2n) is 5.50. The van der Waals surface area contributed by atoms with Crippen LogP contribution in [0.2, 0.25) is 0 Å². The molecule has 1 aliphatic rings. The highest BCUT2D eigenvalue weighted by Gasteiger charge is 2.22. The van der Waals surface area contributed by atoms with E-state index in [-0.39, 0.29) is 0 Å². The van der Waals surface area contributed by atoms with Gasteiger partial charge in [-0.05, 0) is 41.7 Å². The van der Waals surface area contributed by atoms with E-state index >= 15 is 0 Å². The number of hydrogen-bond acceptors (Lipinski definition) is 2. The molecule has 1 rings (SSSR count). The van der Waals surface area contributed by atoms with Crippen LogP contribution in [0.5, 0.6) is 0 Å². The fraction of sp³-hybridized carbons (Fsp3) is 1.00. The molecule has 0 bridgehead atoms. The summed E-state index contributed by atoms with van der Waals surface area (Å²) in [5.41, 5.74) is 0.436. The second kappa shape index (κ2) is 5.41. The van der Waals surface area contributed by atoms with E-state index in [4.69, 9.17) is 0 Å². The molecule has 0 aliphatic carbocycles. The van der Waals surface area contributed by atoms with Gasteiger partial charge in [-0.2, -0.15) is 11.8 Å². The maximum absolute atomic E-state index is 3.64. The summed E-state index contributed by atoms with van der Waals surface area (Å²) < 4.78 is 0. The molecule has 0 spiro atoms. The first-order valence-corrected chi connectivity index (χ1v) is 6.96. The number of rotatable bonds is 5. The standard InChI is InChI=1S/C12H25NS/c1-10(2)12(3,4)9-13-7-11-5-6-14-8-11/h10-11,13H,5-9H2,1-4H3. The summed E-state index contributed by atoms with van der Waals surface area (Å²) in [5.74, 6) is 4.44. The van der Waals surface area contributed by atoms with E-state index in [0.29, 0.717) is 5.41 Å². The summed E-state index contributed by atoms with van der Waals surface area (Å²) in [6, 6.07) is 0. The maximum atomic E-state index is 3.64. The Kier molecular flexibility index (Phi) is 4.78. The normalized spacial score (nSPS) is 23.4. The smallest absolute Gasteiger partial charge is 0.000509 e. The fourth-order valence-electron chi connectivity index (χ4n) is 1.55. The third-order valence-corrected chi connectivity index (χ3v) is 4.83. The summed E-state index contributed by atoms with van der Waals surface area (Å²) >= 11 is 2.11. The average Bonchev–Trinajstić information content (AvgIpc) is 2.56. The lowest BCUT2D eigenvalue weighted by Gasteiger charge is -2.30. The summed E-state index contributed by atoms with van der Waals surface area (Å²) in [7, 11) is 0. The largest absolute Gasteiger partial charge is 0.316 e. The molecule has 1 N–H and O–H groups in total. The van der Waals surface area contributed by atoms with E-state index < -0.39 is 0 Å². The van der Waals surface area contributed by atoms with Gasteiger partial charge in [0.05, 0.1) is 0 Å². The van der Waals surface area contributed by atoms with Crippen LogP contribution in [0.3, 0.4) is 0 Å². The minimum absolute atomic E-state index is 0.436. The molecule has 2 heteroatoms. The van der Waals surface area contributed by atoms with E-state index in [2.05, 4.69) is 44.8 Å². The van der Waals surface area contributed by atoms with Crippen molar-refractivity contribution in [3.05, 3.63) is 0 Å². The van der Waals surface area contributed by atoms with Gasteiger partial charge in [-0.25, -0.2) is 0 Å². The lowest BCUT2D eigenvalue weighted by molar-refractivity contribution is 0.235. The quantitative estimate of drug-likeness (QED) is 0.756. The first-order chi connectivity index (χ1) is 6.52. The molecule has 0 saturated carbocycles. The highest BCUT2D eigenvalue weighted by molar-refractivity contribution is 7.99. The van der Waals surface area contributed by atoms with Crippen molar-refractivity contribution in [2.75, 3.05) is 24.6 Å². The Bertz CT molecular complexity index is 160. The van der Waals surface area contributed by atoms with Crippen LogP contribution in [0, 0.1) is 17.3 Å². The van der Waals surface area contributed by atoms with Crippen molar-refractivity contribution >= 4 is 11.8 Å². The van der Waals surface area contributed by atoms with E-state index in [1.54, 1.807) is 0 Å². The van der Waals surface area contributed by atoms with Crippen molar-refractivity contribution in [3.8, 4) is 0 Å². The van der Waals surface area contributed by atoms with Crippen molar-refractivity contribution in [3.63, 3.8) is 0 Å². The minimum Gasteiger partial charge on any atom is -0.316 e. The predicted octanol–water partition coefficient (Wildman–Crippen LogP) is 3.01. The van der Waals surface area contributed by atoms with Crippen molar-refractivity contribution in [1.29, 1.82) is 0 Å². The van der Waals surface area contributed by atoms with Crippen LogP contribution in [0.15, 0.2) is 0 Å². The molecule has 1 atom stereocenters. The molecule has 0 radical (unpaired) electrons. The summed E-state index contributed by atoms with van der Waals surface area (Å²) in [6.07, 6.45) is 1.42. The Balaban J connectivity index is 2.13. The van der Waals surface area contributed by atoms with Crippen LogP contribution >= 0.6 is 11.8 Å². The van der Waals surface area contributed by atoms with Gasteiger partial charge < -0.3 is 5.32 Å². The van der Waals surface area contributed by atoms with Crippen molar-refractivity contribution in [1.82, 2.24) is 5.32 Å². The summed E-state index contributed by atoms with van der Waals surface area (Å²) in [6.45, 7) is 11.7. The second-order valence-corrected chi connectivity index (χ2v) is 6.65. The lowest BCUT2D eigenvalue weighted by atomic mass is 9.81. The topological polar surface area (TPSA) is 12.0 Å². The van der Waals surface area contributed by atoms with Crippen LogP contribution in [-0.2, 0) is 0 Å². The van der Waals surface area contributed by atoms with Gasteiger partial charge in [0.1, 0.15) is 0 Å². The zero-order chi connectivity index (χ0) is 10.6. The van der Waals surface area contributed by atoms with Crippen molar-refractivity contribution in [2.45, 2.75) is 34.1 Å². The first-order valence-electron chi connectivity index (χ1n) is 5.81. The Labute approximate surface area is 93.4 Å². The van der Waals surface area contributed by atoms with Gasteiger partial charge in [-0.1, -0.05) is 27.7 Å². The highest BCUT2D eigenvalue weighted by atomic mass is 32.2. The van der Waals surface area contributed by atoms with E-state index in [1.165, 1.54) is 24.5 Å². The Morgan fingerprint density at radius 1 is 1.43 bits per heavy atom. The molecular formula is C12H25NS. The molecule has 14 heavy (non-hydrogen) atoms. The molecule has 1 heterocycles. The number of hydrogen-bond donors (Lipinski definition) is 1. The SMILES string of the molecule is CC(C)C(C)(C)CNCC1CCSC1. The van der Waals surface area contributed by atoms with E-state index in [1.807, 2.05) is 0 Å². The fourth-order valence-corrected chi connectivity index (χ4v) is 2.83. The molecule has 0 aromatic carbocycles. The molecule has 1 saturated heterocycles. The van der Waals surface area contributed by atoms with Crippen LogP contribution < -0.4 is 5.32 Å². The van der Waals surface area contributed by atoms with Crippen LogP contribution in [0.25, 0.3) is 0 Å². The highest BCUT2D eigenvalue weighted by Crippen LogP contribution is 2.26. The van der Waals surface area contributed by atoms with Gasteiger partial charge in [-0.3, -0.25) is 0 Å². The summed E-state index contributed by atoms with van der Waals surface area (Å²) in [5, 5.41) is 3.64. The minimum atomic E-state index is 0.436. The molecule has 0 aromatic heterocycles. The average molecular weight is 215 g/mol. The van der Waals surface area contributed by atoms with Gasteiger partial charge in [0.25, 0.3) is 0 Å². The molecule has 1 unspecified atom stereocenters. The van der Waals surface area contributed by atoms with Gasteiger partial charge in [0, 0.05) is 6.54 Å². The molecule has 1 aliphatic heterocycles. The van der Waals surface area contributed by atoms with E-state index in [0.717, 1.165) is 18.4 Å². The van der Waals surface area contributed by atoms with Crippen molar-refractivity contribution < 1.29 is 0 Å². The van der Waals surface area contributed by atoms with Crippen molar-refractivity contribution in [2.24, 2.45) is 17.3 Å². The molecule has 1 nitrogen and oxygen atoms in total. The number of thioether (sulfide) groups is 1. The zero-order valence-electron chi connectivity index (χ0n) is 10.1. The monoisotopic (exact) mass is 215 g/mol. The lowest BCUT2D eigenvalue weighted by Crippen LogP contribution is -2.36. The zero-order valence-corrected chi connectivity index (χ0v) is 10.9. The van der Waals surface area contributed by atoms with E-state index in [9.17, 15) is 0 Å². The van der Waals surface area contributed by atoms with Gasteiger partial charge in [0.2, 0.25) is 0 Å². The molecule has 0 amide bonds. The number of nitrogens with one attached hydrogen (secondary N) is 1. The molecule has 84 valence electrons. The summed E-state index contributed by atoms with van der Waals surface area (Å²) in [4.78, 5) is 0. The maximum Gasteiger partial charge on any atom is 0.000509 e. The van der Waals surface area contributed by atoms with Gasteiger partial charge in [0.15, 0.2) is 0 Å². The predicted molar refractivity (Wildman–Crippen MR) is 66.9 cm³/mol. The first kappa shape index (κ1) is 12.4. The Morgan fingerprint density at radius 3 is 2.64 bits per heavy atom. The third kappa shape index (κ3) is 3.82. The Morgan fingerprint density at radius 2 is 2.14 bits per heavy atom.